The summed E-state index contributed by atoms with van der Waals surface area (Å²) in [5.74, 6) is -0.233. The van der Waals surface area contributed by atoms with Crippen LogP contribution in [0.2, 0.25) is 0 Å². The van der Waals surface area contributed by atoms with Crippen molar-refractivity contribution in [3.05, 3.63) is 22.8 Å². The lowest BCUT2D eigenvalue weighted by atomic mass is 9.87. The molecule has 1 heterocycles. The number of carbonyl (C=O) groups excluding carboxylic acids is 2. The summed E-state index contributed by atoms with van der Waals surface area (Å²) in [5, 5.41) is 0. The molecule has 1 unspecified atom stereocenters. The van der Waals surface area contributed by atoms with Crippen LogP contribution in [0, 0.1) is 0 Å². The highest BCUT2D eigenvalue weighted by molar-refractivity contribution is 5.97. The Morgan fingerprint density at radius 3 is 2.74 bits per heavy atom. The lowest BCUT2D eigenvalue weighted by Crippen LogP contribution is -2.25. The number of carbonyl (C=O) groups is 2. The zero-order chi connectivity index (χ0) is 16.7. The second kappa shape index (κ2) is 8.96. The minimum absolute atomic E-state index is 0.0408. The van der Waals surface area contributed by atoms with Gasteiger partial charge in [-0.1, -0.05) is 5.57 Å². The molecule has 0 N–H and O–H groups in total. The first-order valence-corrected chi connectivity index (χ1v) is 7.90. The van der Waals surface area contributed by atoms with Crippen molar-refractivity contribution in [1.82, 2.24) is 0 Å². The molecule has 1 aliphatic heterocycles. The second-order valence-electron chi connectivity index (χ2n) is 5.67. The van der Waals surface area contributed by atoms with Crippen LogP contribution in [0.3, 0.4) is 0 Å². The number of methoxy groups -OCH3 is 1. The molecule has 0 aromatic heterocycles. The summed E-state index contributed by atoms with van der Waals surface area (Å²) in [7, 11) is 1.59. The fourth-order valence-electron chi connectivity index (χ4n) is 2.75. The molecule has 23 heavy (non-hydrogen) atoms. The zero-order valence-electron chi connectivity index (χ0n) is 13.8. The van der Waals surface area contributed by atoms with Gasteiger partial charge in [-0.2, -0.15) is 0 Å². The molecule has 0 radical (unpaired) electrons. The summed E-state index contributed by atoms with van der Waals surface area (Å²) >= 11 is 0. The summed E-state index contributed by atoms with van der Waals surface area (Å²) in [6.45, 7) is 3.15. The number of ketones is 1. The first kappa shape index (κ1) is 17.8. The predicted molar refractivity (Wildman–Crippen MR) is 82.8 cm³/mol. The van der Waals surface area contributed by atoms with E-state index in [0.717, 1.165) is 24.0 Å². The van der Waals surface area contributed by atoms with Crippen LogP contribution < -0.4 is 0 Å². The number of Topliss-reactive ketones (excluding diaryl/α,β-unsaturated/α-hetero) is 1. The van der Waals surface area contributed by atoms with Gasteiger partial charge in [-0.15, -0.1) is 0 Å². The molecule has 2 aliphatic rings. The maximum atomic E-state index is 12.2. The van der Waals surface area contributed by atoms with E-state index in [9.17, 15) is 9.59 Å². The fraction of sp³-hybridized carbons (Fsp3) is 0.647. The fourth-order valence-corrected chi connectivity index (χ4v) is 2.75. The van der Waals surface area contributed by atoms with Gasteiger partial charge in [0.05, 0.1) is 24.9 Å². The normalized spacial score (nSPS) is 19.8. The van der Waals surface area contributed by atoms with Crippen LogP contribution in [0.5, 0.6) is 0 Å². The minimum Gasteiger partial charge on any atom is -0.458 e. The molecule has 6 heteroatoms. The van der Waals surface area contributed by atoms with Crippen molar-refractivity contribution in [2.75, 3.05) is 33.7 Å². The highest BCUT2D eigenvalue weighted by Crippen LogP contribution is 2.29. The Balaban J connectivity index is 2.01. The van der Waals surface area contributed by atoms with Crippen molar-refractivity contribution < 1.29 is 28.5 Å². The Labute approximate surface area is 136 Å². The monoisotopic (exact) mass is 324 g/mol. The van der Waals surface area contributed by atoms with E-state index in [2.05, 4.69) is 0 Å². The van der Waals surface area contributed by atoms with Crippen molar-refractivity contribution >= 4 is 11.8 Å². The number of esters is 1. The van der Waals surface area contributed by atoms with E-state index < -0.39 is 6.10 Å². The number of ether oxygens (including phenoxy) is 4. The second-order valence-corrected chi connectivity index (χ2v) is 5.67. The molecule has 128 valence electrons. The Morgan fingerprint density at radius 1 is 1.26 bits per heavy atom. The largest absolute Gasteiger partial charge is 0.458 e. The van der Waals surface area contributed by atoms with Crippen molar-refractivity contribution in [2.45, 2.75) is 38.7 Å². The van der Waals surface area contributed by atoms with Gasteiger partial charge in [-0.25, -0.2) is 4.79 Å². The SMILES string of the molecule is COCCOCOC(CC1=C(C)CCCC1=O)C1=CCOC1=O. The van der Waals surface area contributed by atoms with Crippen LogP contribution in [0.15, 0.2) is 22.8 Å². The van der Waals surface area contributed by atoms with Gasteiger partial charge in [-0.05, 0) is 31.4 Å². The molecule has 0 saturated heterocycles. The Bertz CT molecular complexity index is 505. The van der Waals surface area contributed by atoms with E-state index in [-0.39, 0.29) is 25.2 Å². The standard InChI is InChI=1S/C17H24O6/c1-12-4-3-5-15(18)14(12)10-16(13-6-7-22-17(13)19)23-11-21-9-8-20-2/h6,16H,3-5,7-11H2,1-2H3. The van der Waals surface area contributed by atoms with Crippen LogP contribution >= 0.6 is 0 Å². The molecular weight excluding hydrogens is 300 g/mol. The number of hydrogen-bond acceptors (Lipinski definition) is 6. The molecule has 6 nitrogen and oxygen atoms in total. The third kappa shape index (κ3) is 4.99. The molecule has 0 fully saturated rings. The van der Waals surface area contributed by atoms with Crippen LogP contribution in [-0.4, -0.2) is 51.6 Å². The summed E-state index contributed by atoms with van der Waals surface area (Å²) in [5.41, 5.74) is 2.33. The van der Waals surface area contributed by atoms with Crippen LogP contribution in [0.25, 0.3) is 0 Å². The molecule has 1 atom stereocenters. The third-order valence-corrected chi connectivity index (χ3v) is 4.08. The lowest BCUT2D eigenvalue weighted by molar-refractivity contribution is -0.139. The summed E-state index contributed by atoms with van der Waals surface area (Å²) in [6, 6.07) is 0. The summed E-state index contributed by atoms with van der Waals surface area (Å²) in [4.78, 5) is 24.0. The maximum Gasteiger partial charge on any atom is 0.336 e. The molecule has 0 amide bonds. The maximum absolute atomic E-state index is 12.2. The van der Waals surface area contributed by atoms with Gasteiger partial charge in [0.15, 0.2) is 5.78 Å². The van der Waals surface area contributed by atoms with Crippen LogP contribution in [0.4, 0.5) is 0 Å². The van der Waals surface area contributed by atoms with E-state index in [1.54, 1.807) is 13.2 Å². The topological polar surface area (TPSA) is 71.1 Å². The van der Waals surface area contributed by atoms with Crippen LogP contribution in [-0.2, 0) is 28.5 Å². The molecule has 0 saturated carbocycles. The summed E-state index contributed by atoms with van der Waals surface area (Å²) < 4.78 is 20.9. The average molecular weight is 324 g/mol. The highest BCUT2D eigenvalue weighted by atomic mass is 16.7. The molecule has 0 bridgehead atoms. The molecule has 0 aromatic rings. The molecule has 0 spiro atoms. The number of rotatable bonds is 9. The quantitative estimate of drug-likeness (QED) is 0.367. The van der Waals surface area contributed by atoms with Crippen molar-refractivity contribution in [3.63, 3.8) is 0 Å². The zero-order valence-corrected chi connectivity index (χ0v) is 13.8. The highest BCUT2D eigenvalue weighted by Gasteiger charge is 2.30. The number of cyclic esters (lactones) is 1. The Kier molecular flexibility index (Phi) is 6.95. The van der Waals surface area contributed by atoms with E-state index in [1.807, 2.05) is 6.92 Å². The third-order valence-electron chi connectivity index (χ3n) is 4.08. The average Bonchev–Trinajstić information content (AvgIpc) is 2.95. The van der Waals surface area contributed by atoms with E-state index in [4.69, 9.17) is 18.9 Å². The van der Waals surface area contributed by atoms with Gasteiger partial charge in [0.2, 0.25) is 0 Å². The van der Waals surface area contributed by atoms with Crippen molar-refractivity contribution in [2.24, 2.45) is 0 Å². The summed E-state index contributed by atoms with van der Waals surface area (Å²) in [6.07, 6.45) is 3.96. The van der Waals surface area contributed by atoms with Gasteiger partial charge < -0.3 is 18.9 Å². The van der Waals surface area contributed by atoms with Crippen LogP contribution in [0.1, 0.15) is 32.6 Å². The molecule has 0 aromatic carbocycles. The van der Waals surface area contributed by atoms with Gasteiger partial charge in [-0.3, -0.25) is 4.79 Å². The molecule has 1 aliphatic carbocycles. The van der Waals surface area contributed by atoms with Crippen molar-refractivity contribution in [3.8, 4) is 0 Å². The molecular formula is C17H24O6. The van der Waals surface area contributed by atoms with Gasteiger partial charge in [0.1, 0.15) is 13.4 Å². The first-order valence-electron chi connectivity index (χ1n) is 7.90. The number of allylic oxidation sites excluding steroid dienone is 1. The van der Waals surface area contributed by atoms with E-state index in [1.165, 1.54) is 0 Å². The van der Waals surface area contributed by atoms with Gasteiger partial charge >= 0.3 is 5.97 Å². The smallest absolute Gasteiger partial charge is 0.336 e. The minimum atomic E-state index is -0.514. The Hall–Kier alpha value is -1.50. The first-order chi connectivity index (χ1) is 11.1. The number of hydrogen-bond donors (Lipinski definition) is 0. The molecule has 2 rings (SSSR count). The predicted octanol–water partition coefficient (Wildman–Crippen LogP) is 1.93. The van der Waals surface area contributed by atoms with Gasteiger partial charge in [0, 0.05) is 20.0 Å². The Morgan fingerprint density at radius 2 is 2.09 bits per heavy atom. The van der Waals surface area contributed by atoms with E-state index in [0.29, 0.717) is 31.6 Å². The van der Waals surface area contributed by atoms with Gasteiger partial charge in [0.25, 0.3) is 0 Å². The lowest BCUT2D eigenvalue weighted by Gasteiger charge is -2.22. The van der Waals surface area contributed by atoms with E-state index >= 15 is 0 Å². The van der Waals surface area contributed by atoms with Crippen molar-refractivity contribution in [1.29, 1.82) is 0 Å².